The molecule has 5 heteroatoms. The number of hydrogen-bond acceptors (Lipinski definition) is 2. The zero-order valence-corrected chi connectivity index (χ0v) is 14.3. The smallest absolute Gasteiger partial charge is 0.238 e. The molecule has 0 unspecified atom stereocenters. The highest BCUT2D eigenvalue weighted by atomic mass is 35.5. The first-order valence-electron chi connectivity index (χ1n) is 8.07. The number of benzene rings is 2. The van der Waals surface area contributed by atoms with E-state index in [0.29, 0.717) is 28.9 Å². The van der Waals surface area contributed by atoms with Crippen LogP contribution in [0, 0.1) is 12.7 Å². The molecule has 1 amide bonds. The standard InChI is InChI=1S/C19H20ClFN2O/c1-13-16(20)6-4-8-18(13)22-19(24)12-23(15-9-10-15)11-14-5-2-3-7-17(14)21/h2-8,15H,9-12H2,1H3,(H,22,24). The van der Waals surface area contributed by atoms with Crippen molar-refractivity contribution in [2.75, 3.05) is 11.9 Å². The molecule has 3 rings (SSSR count). The minimum atomic E-state index is -0.228. The molecule has 0 heterocycles. The van der Waals surface area contributed by atoms with Crippen LogP contribution in [0.1, 0.15) is 24.0 Å². The van der Waals surface area contributed by atoms with Crippen LogP contribution in [0.3, 0.4) is 0 Å². The summed E-state index contributed by atoms with van der Waals surface area (Å²) in [6, 6.07) is 12.5. The highest BCUT2D eigenvalue weighted by Gasteiger charge is 2.30. The third-order valence-corrected chi connectivity index (χ3v) is 4.69. The number of nitrogens with zero attached hydrogens (tertiary/aromatic N) is 1. The predicted molar refractivity (Wildman–Crippen MR) is 94.7 cm³/mol. The summed E-state index contributed by atoms with van der Waals surface area (Å²) in [4.78, 5) is 14.4. The zero-order valence-electron chi connectivity index (χ0n) is 13.6. The molecule has 126 valence electrons. The van der Waals surface area contributed by atoms with Crippen molar-refractivity contribution in [2.45, 2.75) is 32.4 Å². The molecular weight excluding hydrogens is 327 g/mol. The SMILES string of the molecule is Cc1c(Cl)cccc1NC(=O)CN(Cc1ccccc1F)C1CC1. The Morgan fingerprint density at radius 2 is 2.00 bits per heavy atom. The van der Waals surface area contributed by atoms with E-state index in [1.165, 1.54) is 6.07 Å². The van der Waals surface area contributed by atoms with Crippen molar-refractivity contribution in [1.82, 2.24) is 4.90 Å². The predicted octanol–water partition coefficient (Wildman–Crippen LogP) is 4.39. The lowest BCUT2D eigenvalue weighted by Crippen LogP contribution is -2.34. The molecule has 2 aromatic carbocycles. The van der Waals surface area contributed by atoms with E-state index in [-0.39, 0.29) is 18.3 Å². The van der Waals surface area contributed by atoms with Crippen LogP contribution in [0.15, 0.2) is 42.5 Å². The number of hydrogen-bond donors (Lipinski definition) is 1. The van der Waals surface area contributed by atoms with Crippen LogP contribution >= 0.6 is 11.6 Å². The van der Waals surface area contributed by atoms with E-state index in [4.69, 9.17) is 11.6 Å². The summed E-state index contributed by atoms with van der Waals surface area (Å²) in [6.07, 6.45) is 2.11. The molecule has 24 heavy (non-hydrogen) atoms. The fourth-order valence-corrected chi connectivity index (χ4v) is 2.89. The molecule has 0 radical (unpaired) electrons. The molecule has 1 aliphatic carbocycles. The number of amides is 1. The zero-order chi connectivity index (χ0) is 17.1. The number of carbonyl (C=O) groups excluding carboxylic acids is 1. The van der Waals surface area contributed by atoms with E-state index in [2.05, 4.69) is 5.32 Å². The van der Waals surface area contributed by atoms with Gasteiger partial charge in [-0.05, 0) is 43.5 Å². The highest BCUT2D eigenvalue weighted by molar-refractivity contribution is 6.31. The number of halogens is 2. The normalized spacial score (nSPS) is 14.0. The maximum Gasteiger partial charge on any atom is 0.238 e. The minimum absolute atomic E-state index is 0.108. The van der Waals surface area contributed by atoms with E-state index in [1.807, 2.05) is 30.0 Å². The Hall–Kier alpha value is -1.91. The lowest BCUT2D eigenvalue weighted by atomic mass is 10.2. The van der Waals surface area contributed by atoms with Crippen molar-refractivity contribution < 1.29 is 9.18 Å². The van der Waals surface area contributed by atoms with E-state index in [9.17, 15) is 9.18 Å². The van der Waals surface area contributed by atoms with Gasteiger partial charge in [-0.3, -0.25) is 9.69 Å². The Bertz CT molecular complexity index is 746. The van der Waals surface area contributed by atoms with Gasteiger partial charge >= 0.3 is 0 Å². The summed E-state index contributed by atoms with van der Waals surface area (Å²) < 4.78 is 13.9. The van der Waals surface area contributed by atoms with Gasteiger partial charge in [-0.2, -0.15) is 0 Å². The first-order valence-corrected chi connectivity index (χ1v) is 8.45. The number of rotatable bonds is 6. The lowest BCUT2D eigenvalue weighted by molar-refractivity contribution is -0.117. The quantitative estimate of drug-likeness (QED) is 0.841. The second-order valence-electron chi connectivity index (χ2n) is 6.19. The summed E-state index contributed by atoms with van der Waals surface area (Å²) in [5, 5.41) is 3.53. The molecule has 1 aliphatic rings. The van der Waals surface area contributed by atoms with Gasteiger partial charge in [0.15, 0.2) is 0 Å². The molecule has 0 bridgehead atoms. The van der Waals surface area contributed by atoms with Crippen LogP contribution in [0.5, 0.6) is 0 Å². The van der Waals surface area contributed by atoms with Gasteiger partial charge in [-0.15, -0.1) is 0 Å². The Kier molecular flexibility index (Phi) is 5.17. The van der Waals surface area contributed by atoms with Crippen molar-refractivity contribution in [1.29, 1.82) is 0 Å². The van der Waals surface area contributed by atoms with Crippen LogP contribution in [0.2, 0.25) is 5.02 Å². The lowest BCUT2D eigenvalue weighted by Gasteiger charge is -2.22. The third-order valence-electron chi connectivity index (χ3n) is 4.28. The number of carbonyl (C=O) groups is 1. The molecule has 0 aromatic heterocycles. The Morgan fingerprint density at radius 3 is 2.71 bits per heavy atom. The van der Waals surface area contributed by atoms with Crippen LogP contribution in [-0.4, -0.2) is 23.4 Å². The van der Waals surface area contributed by atoms with Gasteiger partial charge in [0.25, 0.3) is 0 Å². The maximum absolute atomic E-state index is 13.9. The van der Waals surface area contributed by atoms with Crippen LogP contribution in [0.4, 0.5) is 10.1 Å². The van der Waals surface area contributed by atoms with E-state index < -0.39 is 0 Å². The average Bonchev–Trinajstić information content (AvgIpc) is 3.38. The van der Waals surface area contributed by atoms with Gasteiger partial charge in [0.05, 0.1) is 6.54 Å². The van der Waals surface area contributed by atoms with Gasteiger partial charge in [0.2, 0.25) is 5.91 Å². The molecule has 0 spiro atoms. The summed E-state index contributed by atoms with van der Waals surface area (Å²) in [5.74, 6) is -0.335. The average molecular weight is 347 g/mol. The topological polar surface area (TPSA) is 32.3 Å². The molecule has 1 fully saturated rings. The van der Waals surface area contributed by atoms with Crippen LogP contribution in [0.25, 0.3) is 0 Å². The van der Waals surface area contributed by atoms with Crippen molar-refractivity contribution in [3.8, 4) is 0 Å². The maximum atomic E-state index is 13.9. The summed E-state index contributed by atoms with van der Waals surface area (Å²) in [5.41, 5.74) is 2.19. The molecular formula is C19H20ClFN2O. The summed E-state index contributed by atoms with van der Waals surface area (Å²) >= 11 is 6.08. The van der Waals surface area contributed by atoms with Gasteiger partial charge in [-0.25, -0.2) is 4.39 Å². The van der Waals surface area contributed by atoms with Crippen molar-refractivity contribution in [3.63, 3.8) is 0 Å². The van der Waals surface area contributed by atoms with Crippen LogP contribution in [-0.2, 0) is 11.3 Å². The van der Waals surface area contributed by atoms with Gasteiger partial charge in [0, 0.05) is 28.9 Å². The minimum Gasteiger partial charge on any atom is -0.325 e. The Morgan fingerprint density at radius 1 is 1.25 bits per heavy atom. The molecule has 0 aliphatic heterocycles. The van der Waals surface area contributed by atoms with E-state index in [0.717, 1.165) is 18.4 Å². The number of nitrogens with one attached hydrogen (secondary N) is 1. The molecule has 1 saturated carbocycles. The summed E-state index contributed by atoms with van der Waals surface area (Å²) in [7, 11) is 0. The van der Waals surface area contributed by atoms with Crippen LogP contribution < -0.4 is 5.32 Å². The molecule has 0 saturated heterocycles. The Balaban J connectivity index is 1.66. The molecule has 2 aromatic rings. The second-order valence-corrected chi connectivity index (χ2v) is 6.60. The fourth-order valence-electron chi connectivity index (χ4n) is 2.72. The van der Waals surface area contributed by atoms with E-state index in [1.54, 1.807) is 18.2 Å². The first kappa shape index (κ1) is 16.9. The van der Waals surface area contributed by atoms with Gasteiger partial charge < -0.3 is 5.32 Å². The largest absolute Gasteiger partial charge is 0.325 e. The summed E-state index contributed by atoms with van der Waals surface area (Å²) in [6.45, 7) is 2.56. The second kappa shape index (κ2) is 7.32. The van der Waals surface area contributed by atoms with Gasteiger partial charge in [-0.1, -0.05) is 35.9 Å². The molecule has 0 atom stereocenters. The van der Waals surface area contributed by atoms with Crippen molar-refractivity contribution in [2.24, 2.45) is 0 Å². The van der Waals surface area contributed by atoms with Gasteiger partial charge in [0.1, 0.15) is 5.82 Å². The van der Waals surface area contributed by atoms with Crippen molar-refractivity contribution >= 4 is 23.2 Å². The molecule has 3 nitrogen and oxygen atoms in total. The first-order chi connectivity index (χ1) is 11.5. The monoisotopic (exact) mass is 346 g/mol. The van der Waals surface area contributed by atoms with E-state index >= 15 is 0 Å². The highest BCUT2D eigenvalue weighted by Crippen LogP contribution is 2.29. The Labute approximate surface area is 146 Å². The number of anilines is 1. The van der Waals surface area contributed by atoms with Crippen molar-refractivity contribution in [3.05, 3.63) is 64.4 Å². The fraction of sp³-hybridized carbons (Fsp3) is 0.316. The molecule has 1 N–H and O–H groups in total. The third kappa shape index (κ3) is 4.13.